The van der Waals surface area contributed by atoms with Crippen LogP contribution in [0.5, 0.6) is 0 Å². The largest absolute Gasteiger partial charge is 0.340 e. The van der Waals surface area contributed by atoms with Crippen LogP contribution in [0.1, 0.15) is 36.5 Å². The Labute approximate surface area is 197 Å². The number of benzene rings is 2. The molecule has 4 rings (SSSR count). The van der Waals surface area contributed by atoms with Crippen LogP contribution in [0.3, 0.4) is 0 Å². The Morgan fingerprint density at radius 1 is 1.06 bits per heavy atom. The summed E-state index contributed by atoms with van der Waals surface area (Å²) in [7, 11) is 0. The fourth-order valence-electron chi connectivity index (χ4n) is 4.25. The van der Waals surface area contributed by atoms with Crippen molar-refractivity contribution < 1.29 is 14.5 Å². The van der Waals surface area contributed by atoms with E-state index >= 15 is 0 Å². The Balaban J connectivity index is 1.47. The molecule has 1 aliphatic rings. The number of aromatic nitrogens is 2. The number of carbonyl (C=O) groups excluding carboxylic acids is 2. The lowest BCUT2D eigenvalue weighted by molar-refractivity contribution is -0.384. The maximum absolute atomic E-state index is 12.6. The fourth-order valence-corrected chi connectivity index (χ4v) is 4.25. The number of nitrogens with zero attached hydrogens (tertiary/aromatic N) is 5. The van der Waals surface area contributed by atoms with Crippen molar-refractivity contribution >= 4 is 34.2 Å². The average molecular weight is 465 g/mol. The van der Waals surface area contributed by atoms with E-state index < -0.39 is 4.92 Å². The summed E-state index contributed by atoms with van der Waals surface area (Å²) in [4.78, 5) is 43.9. The summed E-state index contributed by atoms with van der Waals surface area (Å²) in [5.41, 5.74) is 2.67. The molecule has 34 heavy (non-hydrogen) atoms. The molecule has 1 saturated heterocycles. The topological polar surface area (TPSA) is 114 Å². The highest BCUT2D eigenvalue weighted by atomic mass is 16.6. The highest BCUT2D eigenvalue weighted by molar-refractivity contribution is 6.05. The molecule has 2 amide bonds. The molecule has 10 nitrogen and oxygen atoms in total. The Kier molecular flexibility index (Phi) is 6.87. The number of nitrogens with one attached hydrogen (secondary N) is 1. The molecule has 2 heterocycles. The van der Waals surface area contributed by atoms with Crippen molar-refractivity contribution in [3.63, 3.8) is 0 Å². The maximum Gasteiger partial charge on any atom is 0.269 e. The first-order valence-corrected chi connectivity index (χ1v) is 11.4. The van der Waals surface area contributed by atoms with Gasteiger partial charge in [0.05, 0.1) is 22.5 Å². The van der Waals surface area contributed by atoms with Crippen molar-refractivity contribution in [2.24, 2.45) is 0 Å². The molecular formula is C24H28N6O4. The molecule has 0 radical (unpaired) electrons. The number of non-ortho nitro benzene ring substituents is 1. The normalized spacial score (nSPS) is 14.4. The minimum atomic E-state index is -0.498. The zero-order valence-electron chi connectivity index (χ0n) is 19.4. The summed E-state index contributed by atoms with van der Waals surface area (Å²) in [6.45, 7) is 8.53. The lowest BCUT2D eigenvalue weighted by Crippen LogP contribution is -2.48. The number of nitro groups is 1. The van der Waals surface area contributed by atoms with Gasteiger partial charge in [0.1, 0.15) is 5.82 Å². The fraction of sp³-hybridized carbons (Fsp3) is 0.375. The van der Waals surface area contributed by atoms with Crippen molar-refractivity contribution in [2.45, 2.75) is 33.4 Å². The lowest BCUT2D eigenvalue weighted by atomic mass is 10.2. The van der Waals surface area contributed by atoms with E-state index in [9.17, 15) is 19.7 Å². The second-order valence-electron chi connectivity index (χ2n) is 8.24. The van der Waals surface area contributed by atoms with Crippen molar-refractivity contribution in [1.29, 1.82) is 0 Å². The summed E-state index contributed by atoms with van der Waals surface area (Å²) in [6.07, 6.45) is 0.536. The van der Waals surface area contributed by atoms with Gasteiger partial charge >= 0.3 is 0 Å². The number of imidazole rings is 1. The van der Waals surface area contributed by atoms with Crippen LogP contribution in [-0.2, 0) is 17.9 Å². The first-order chi connectivity index (χ1) is 16.4. The number of piperazine rings is 1. The number of carbonyl (C=O) groups is 2. The van der Waals surface area contributed by atoms with Crippen LogP contribution >= 0.6 is 0 Å². The average Bonchev–Trinajstić information content (AvgIpc) is 3.20. The summed E-state index contributed by atoms with van der Waals surface area (Å²) in [5.74, 6) is 0.805. The number of fused-ring (bicyclic) bond motifs is 1. The molecule has 0 atom stereocenters. The SMILES string of the molecule is CCC(=O)N1CCN(Cc2nc3cc(NC(=O)c4ccc([N+](=O)[O-])cc4)ccc3n2CC)CC1. The van der Waals surface area contributed by atoms with Crippen LogP contribution in [0.2, 0.25) is 0 Å². The molecular weight excluding hydrogens is 436 g/mol. The van der Waals surface area contributed by atoms with Gasteiger partial charge in [0.15, 0.2) is 0 Å². The van der Waals surface area contributed by atoms with Crippen molar-refractivity contribution in [2.75, 3.05) is 31.5 Å². The molecule has 0 aliphatic carbocycles. The van der Waals surface area contributed by atoms with E-state index in [1.165, 1.54) is 24.3 Å². The highest BCUT2D eigenvalue weighted by Crippen LogP contribution is 2.23. The Hall–Kier alpha value is -3.79. The monoisotopic (exact) mass is 464 g/mol. The van der Waals surface area contributed by atoms with Gasteiger partial charge < -0.3 is 14.8 Å². The Morgan fingerprint density at radius 2 is 1.76 bits per heavy atom. The second kappa shape index (κ2) is 10.0. The molecule has 1 aromatic heterocycles. The first kappa shape index (κ1) is 23.4. The molecule has 3 aromatic rings. The summed E-state index contributed by atoms with van der Waals surface area (Å²) in [6, 6.07) is 11.1. The van der Waals surface area contributed by atoms with Crippen LogP contribution in [0.25, 0.3) is 11.0 Å². The number of aryl methyl sites for hydroxylation is 1. The minimum absolute atomic E-state index is 0.0611. The number of hydrogen-bond acceptors (Lipinski definition) is 6. The molecule has 1 N–H and O–H groups in total. The third kappa shape index (κ3) is 4.91. The van der Waals surface area contributed by atoms with Gasteiger partial charge in [-0.25, -0.2) is 4.98 Å². The van der Waals surface area contributed by atoms with Gasteiger partial charge in [-0.15, -0.1) is 0 Å². The van der Waals surface area contributed by atoms with Crippen molar-refractivity contribution in [3.8, 4) is 0 Å². The number of rotatable bonds is 7. The molecule has 1 fully saturated rings. The van der Waals surface area contributed by atoms with E-state index in [4.69, 9.17) is 4.98 Å². The van der Waals surface area contributed by atoms with Crippen LogP contribution < -0.4 is 5.32 Å². The predicted molar refractivity (Wildman–Crippen MR) is 129 cm³/mol. The van der Waals surface area contributed by atoms with Gasteiger partial charge in [-0.05, 0) is 37.3 Å². The Bertz CT molecular complexity index is 1210. The molecule has 0 unspecified atom stereocenters. The van der Waals surface area contributed by atoms with Crippen LogP contribution in [0, 0.1) is 10.1 Å². The number of amides is 2. The van der Waals surface area contributed by atoms with Crippen molar-refractivity contribution in [3.05, 3.63) is 64.0 Å². The zero-order valence-corrected chi connectivity index (χ0v) is 19.4. The number of nitro benzene ring substituents is 1. The van der Waals surface area contributed by atoms with E-state index in [1.807, 2.05) is 30.0 Å². The predicted octanol–water partition coefficient (Wildman–Crippen LogP) is 3.27. The minimum Gasteiger partial charge on any atom is -0.340 e. The quantitative estimate of drug-likeness (QED) is 0.424. The Morgan fingerprint density at radius 3 is 2.38 bits per heavy atom. The number of anilines is 1. The van der Waals surface area contributed by atoms with E-state index in [0.29, 0.717) is 24.2 Å². The van der Waals surface area contributed by atoms with Crippen LogP contribution in [0.4, 0.5) is 11.4 Å². The van der Waals surface area contributed by atoms with Gasteiger partial charge in [-0.2, -0.15) is 0 Å². The maximum atomic E-state index is 12.6. The summed E-state index contributed by atoms with van der Waals surface area (Å²) < 4.78 is 2.17. The van der Waals surface area contributed by atoms with Gasteiger partial charge in [-0.1, -0.05) is 6.92 Å². The molecule has 0 spiro atoms. The lowest BCUT2D eigenvalue weighted by Gasteiger charge is -2.34. The summed E-state index contributed by atoms with van der Waals surface area (Å²) >= 11 is 0. The van der Waals surface area contributed by atoms with E-state index in [-0.39, 0.29) is 17.5 Å². The molecule has 1 aliphatic heterocycles. The van der Waals surface area contributed by atoms with Crippen LogP contribution in [0.15, 0.2) is 42.5 Å². The van der Waals surface area contributed by atoms with Gasteiger partial charge in [0.25, 0.3) is 11.6 Å². The van der Waals surface area contributed by atoms with Gasteiger partial charge in [0, 0.05) is 62.5 Å². The van der Waals surface area contributed by atoms with E-state index in [1.54, 1.807) is 0 Å². The van der Waals surface area contributed by atoms with Gasteiger partial charge in [0.2, 0.25) is 5.91 Å². The smallest absolute Gasteiger partial charge is 0.269 e. The molecule has 178 valence electrons. The third-order valence-corrected chi connectivity index (χ3v) is 6.13. The highest BCUT2D eigenvalue weighted by Gasteiger charge is 2.22. The van der Waals surface area contributed by atoms with Crippen LogP contribution in [-0.4, -0.2) is 62.3 Å². The van der Waals surface area contributed by atoms with Crippen molar-refractivity contribution in [1.82, 2.24) is 19.4 Å². The van der Waals surface area contributed by atoms with Gasteiger partial charge in [-0.3, -0.25) is 24.6 Å². The number of hydrogen-bond donors (Lipinski definition) is 1. The third-order valence-electron chi connectivity index (χ3n) is 6.13. The van der Waals surface area contributed by atoms with E-state index in [2.05, 4.69) is 21.7 Å². The molecule has 0 saturated carbocycles. The molecule has 0 bridgehead atoms. The standard InChI is InChI=1S/C24H28N6O4/c1-3-23(31)28-13-11-27(12-14-28)16-22-26-20-15-18(7-10-21(20)29(22)4-2)25-24(32)17-5-8-19(9-6-17)30(33)34/h5-10,15H,3-4,11-14,16H2,1-2H3,(H,25,32). The molecule has 2 aromatic carbocycles. The molecule has 10 heteroatoms. The first-order valence-electron chi connectivity index (χ1n) is 11.4. The van der Waals surface area contributed by atoms with E-state index in [0.717, 1.165) is 49.6 Å². The second-order valence-corrected chi connectivity index (χ2v) is 8.24. The zero-order chi connectivity index (χ0) is 24.2. The summed E-state index contributed by atoms with van der Waals surface area (Å²) in [5, 5.41) is 13.7.